The van der Waals surface area contributed by atoms with E-state index in [1.165, 1.54) is 24.1 Å². The van der Waals surface area contributed by atoms with Crippen molar-refractivity contribution < 1.29 is 27.8 Å². The molecule has 184 valence electrons. The molecule has 0 aliphatic carbocycles. The molecule has 1 fully saturated rings. The first-order valence-corrected chi connectivity index (χ1v) is 11.2. The average Bonchev–Trinajstić information content (AvgIpc) is 3.18. The highest BCUT2D eigenvalue weighted by molar-refractivity contribution is 5.69. The van der Waals surface area contributed by atoms with E-state index in [9.17, 15) is 9.59 Å². The van der Waals surface area contributed by atoms with E-state index >= 15 is 8.78 Å². The normalized spacial score (nSPS) is 15.7. The van der Waals surface area contributed by atoms with Crippen molar-refractivity contribution in [2.45, 2.75) is 25.9 Å². The van der Waals surface area contributed by atoms with Crippen LogP contribution in [0.3, 0.4) is 0 Å². The zero-order valence-corrected chi connectivity index (χ0v) is 19.7. The summed E-state index contributed by atoms with van der Waals surface area (Å²) in [4.78, 5) is 29.1. The van der Waals surface area contributed by atoms with Crippen LogP contribution in [0.2, 0.25) is 0 Å². The monoisotopic (exact) mass is 484 g/mol. The number of nitrogens with one attached hydrogen (secondary N) is 1. The quantitative estimate of drug-likeness (QED) is 0.542. The van der Waals surface area contributed by atoms with E-state index < -0.39 is 23.8 Å². The van der Waals surface area contributed by atoms with E-state index in [2.05, 4.69) is 10.3 Å². The van der Waals surface area contributed by atoms with Crippen LogP contribution in [0.1, 0.15) is 16.8 Å². The van der Waals surface area contributed by atoms with E-state index in [-0.39, 0.29) is 36.3 Å². The molecule has 0 bridgehead atoms. The molecule has 1 N–H and O–H groups in total. The zero-order valence-electron chi connectivity index (χ0n) is 19.7. The molecule has 1 aliphatic heterocycles. The third kappa shape index (κ3) is 5.03. The summed E-state index contributed by atoms with van der Waals surface area (Å²) in [5.41, 5.74) is 2.43. The molecule has 1 atom stereocenters. The predicted molar refractivity (Wildman–Crippen MR) is 125 cm³/mol. The van der Waals surface area contributed by atoms with Gasteiger partial charge in [-0.05, 0) is 42.3 Å². The van der Waals surface area contributed by atoms with Gasteiger partial charge < -0.3 is 24.1 Å². The van der Waals surface area contributed by atoms with Crippen LogP contribution in [0.25, 0.3) is 16.9 Å². The lowest BCUT2D eigenvalue weighted by molar-refractivity contribution is -0.0241. The molecular weight excluding hydrogens is 458 g/mol. The number of carbonyl (C=O) groups is 1. The maximum atomic E-state index is 15.3. The lowest BCUT2D eigenvalue weighted by Gasteiger charge is -2.32. The molecule has 1 aliphatic rings. The fraction of sp³-hybridized carbons (Fsp3) is 0.360. The summed E-state index contributed by atoms with van der Waals surface area (Å²) in [5, 5.41) is 2.66. The van der Waals surface area contributed by atoms with Gasteiger partial charge in [-0.2, -0.15) is 0 Å². The second-order valence-electron chi connectivity index (χ2n) is 8.39. The van der Waals surface area contributed by atoms with Crippen molar-refractivity contribution >= 4 is 17.7 Å². The van der Waals surface area contributed by atoms with Crippen molar-refractivity contribution in [2.75, 3.05) is 33.9 Å². The highest BCUT2D eigenvalue weighted by Gasteiger charge is 2.29. The summed E-state index contributed by atoms with van der Waals surface area (Å²) in [5.74, 6) is 0.146. The molecule has 0 spiro atoms. The number of pyridine rings is 1. The van der Waals surface area contributed by atoms with Crippen LogP contribution in [-0.4, -0.2) is 66.3 Å². The van der Waals surface area contributed by atoms with Gasteiger partial charge >= 0.3 is 6.09 Å². The summed E-state index contributed by atoms with van der Waals surface area (Å²) < 4.78 is 43.1. The van der Waals surface area contributed by atoms with Crippen molar-refractivity contribution in [1.82, 2.24) is 19.6 Å². The predicted octanol–water partition coefficient (Wildman–Crippen LogP) is 3.08. The SMILES string of the molecule is CNC(=C=O)Cc1cc(F)c(-c2nc3cc(C)ccn3c2C[C@H]2CN(C(=O)OC)CCO2)c(F)c1. The Balaban J connectivity index is 1.76. The topological polar surface area (TPSA) is 85.2 Å². The van der Waals surface area contributed by atoms with Gasteiger partial charge in [0.2, 0.25) is 0 Å². The number of morpholine rings is 1. The van der Waals surface area contributed by atoms with Crippen molar-refractivity contribution in [2.24, 2.45) is 0 Å². The number of likely N-dealkylation sites (N-methyl/N-ethyl adjacent to an activating group) is 1. The number of benzene rings is 1. The van der Waals surface area contributed by atoms with Gasteiger partial charge in [0.15, 0.2) is 0 Å². The van der Waals surface area contributed by atoms with Gasteiger partial charge in [0, 0.05) is 32.6 Å². The van der Waals surface area contributed by atoms with E-state index in [1.54, 1.807) is 23.6 Å². The molecule has 1 amide bonds. The number of imidazole rings is 1. The number of allylic oxidation sites excluding steroid dienone is 1. The number of methoxy groups -OCH3 is 1. The molecule has 4 rings (SSSR count). The molecule has 8 nitrogen and oxygen atoms in total. The van der Waals surface area contributed by atoms with Crippen LogP contribution in [0.5, 0.6) is 0 Å². The van der Waals surface area contributed by atoms with Gasteiger partial charge in [0.05, 0.1) is 43.3 Å². The Morgan fingerprint density at radius 1 is 1.31 bits per heavy atom. The van der Waals surface area contributed by atoms with Crippen LogP contribution in [0.4, 0.5) is 13.6 Å². The van der Waals surface area contributed by atoms with Crippen LogP contribution in [0.15, 0.2) is 36.2 Å². The van der Waals surface area contributed by atoms with E-state index in [0.717, 1.165) is 5.56 Å². The molecule has 0 saturated carbocycles. The summed E-state index contributed by atoms with van der Waals surface area (Å²) >= 11 is 0. The molecular formula is C25H26F2N4O4. The van der Waals surface area contributed by atoms with Gasteiger partial charge in [-0.25, -0.2) is 23.4 Å². The number of halogens is 2. The molecule has 3 aromatic rings. The molecule has 1 aromatic carbocycles. The molecule has 10 heteroatoms. The standard InChI is InChI=1S/C25H26F2N4O4/c1-15-4-5-31-21(12-18-13-30(6-7-35-18)25(33)34-3)24(29-22(31)8-15)23-19(26)10-16(11-20(23)27)9-17(14-32)28-2/h4-5,8,10-11,18,28H,6-7,9,12-13H2,1-3H3/t18-/m0/s1. The highest BCUT2D eigenvalue weighted by atomic mass is 19.1. The third-order valence-electron chi connectivity index (χ3n) is 6.02. The second-order valence-corrected chi connectivity index (χ2v) is 8.39. The molecule has 0 unspecified atom stereocenters. The Morgan fingerprint density at radius 2 is 2.06 bits per heavy atom. The summed E-state index contributed by atoms with van der Waals surface area (Å²) in [6.07, 6.45) is 1.22. The number of hydrogen-bond donors (Lipinski definition) is 1. The fourth-order valence-electron chi connectivity index (χ4n) is 4.28. The molecule has 3 heterocycles. The first-order chi connectivity index (χ1) is 16.8. The number of ether oxygens (including phenoxy) is 2. The second kappa shape index (κ2) is 10.2. The number of carbonyl (C=O) groups excluding carboxylic acids is 2. The van der Waals surface area contributed by atoms with Crippen molar-refractivity contribution in [3.8, 4) is 11.3 Å². The van der Waals surface area contributed by atoms with E-state index in [1.807, 2.05) is 19.1 Å². The number of rotatable bonds is 6. The Bertz CT molecular complexity index is 1290. The Kier molecular flexibility index (Phi) is 7.14. The fourth-order valence-corrected chi connectivity index (χ4v) is 4.28. The minimum absolute atomic E-state index is 0.0185. The van der Waals surface area contributed by atoms with Gasteiger partial charge in [-0.3, -0.25) is 0 Å². The summed E-state index contributed by atoms with van der Waals surface area (Å²) in [6, 6.07) is 6.10. The van der Waals surface area contributed by atoms with Gasteiger partial charge in [0.1, 0.15) is 28.9 Å². The molecule has 35 heavy (non-hydrogen) atoms. The molecule has 2 aromatic heterocycles. The van der Waals surface area contributed by atoms with Crippen LogP contribution < -0.4 is 5.32 Å². The number of aromatic nitrogens is 2. The van der Waals surface area contributed by atoms with Gasteiger partial charge in [0.25, 0.3) is 0 Å². The summed E-state index contributed by atoms with van der Waals surface area (Å²) in [6.45, 7) is 2.90. The largest absolute Gasteiger partial charge is 0.453 e. The maximum absolute atomic E-state index is 15.3. The first kappa shape index (κ1) is 24.4. The van der Waals surface area contributed by atoms with Crippen LogP contribution in [0, 0.1) is 18.6 Å². The average molecular weight is 485 g/mol. The number of fused-ring (bicyclic) bond motifs is 1. The molecule has 1 saturated heterocycles. The van der Waals surface area contributed by atoms with Crippen molar-refractivity contribution in [3.63, 3.8) is 0 Å². The first-order valence-electron chi connectivity index (χ1n) is 11.2. The van der Waals surface area contributed by atoms with E-state index in [4.69, 9.17) is 9.47 Å². The van der Waals surface area contributed by atoms with Crippen LogP contribution >= 0.6 is 0 Å². The minimum atomic E-state index is -0.788. The van der Waals surface area contributed by atoms with Gasteiger partial charge in [-0.1, -0.05) is 0 Å². The van der Waals surface area contributed by atoms with E-state index in [0.29, 0.717) is 30.1 Å². The maximum Gasteiger partial charge on any atom is 0.409 e. The number of aryl methyl sites for hydroxylation is 1. The van der Waals surface area contributed by atoms with Gasteiger partial charge in [-0.15, -0.1) is 0 Å². The Morgan fingerprint density at radius 3 is 2.71 bits per heavy atom. The lowest BCUT2D eigenvalue weighted by atomic mass is 10.0. The van der Waals surface area contributed by atoms with Crippen molar-refractivity contribution in [3.05, 3.63) is 64.6 Å². The van der Waals surface area contributed by atoms with Crippen LogP contribution in [-0.2, 0) is 27.1 Å². The lowest BCUT2D eigenvalue weighted by Crippen LogP contribution is -2.46. The number of amides is 1. The number of hydrogen-bond acceptors (Lipinski definition) is 6. The van der Waals surface area contributed by atoms with Crippen molar-refractivity contribution in [1.29, 1.82) is 0 Å². The Hall–Kier alpha value is -3.75. The minimum Gasteiger partial charge on any atom is -0.453 e. The molecule has 0 radical (unpaired) electrons. The number of nitrogens with zero attached hydrogens (tertiary/aromatic N) is 3. The highest BCUT2D eigenvalue weighted by Crippen LogP contribution is 2.32. The third-order valence-corrected chi connectivity index (χ3v) is 6.02. The Labute approximate surface area is 201 Å². The zero-order chi connectivity index (χ0) is 25.1. The summed E-state index contributed by atoms with van der Waals surface area (Å²) in [7, 11) is 2.86. The smallest absolute Gasteiger partial charge is 0.409 e.